The van der Waals surface area contributed by atoms with E-state index in [9.17, 15) is 0 Å². The van der Waals surface area contributed by atoms with Gasteiger partial charge in [-0.15, -0.1) is 0 Å². The topological polar surface area (TPSA) is 24.9 Å². The summed E-state index contributed by atoms with van der Waals surface area (Å²) < 4.78 is 0. The first-order valence-electron chi connectivity index (χ1n) is 3.13. The molecule has 1 unspecified atom stereocenters. The molecule has 2 nitrogen and oxygen atoms in total. The number of nitrogens with one attached hydrogen (secondary N) is 1. The van der Waals surface area contributed by atoms with Crippen LogP contribution in [-0.4, -0.2) is 10.4 Å². The summed E-state index contributed by atoms with van der Waals surface area (Å²) in [6, 6.07) is 3.85. The van der Waals surface area contributed by atoms with Crippen LogP contribution in [-0.2, 0) is 0 Å². The molecule has 1 aromatic rings. The minimum absolute atomic E-state index is 0. The van der Waals surface area contributed by atoms with Crippen molar-refractivity contribution in [2.45, 2.75) is 12.3 Å². The quantitative estimate of drug-likeness (QED) is 0.506. The summed E-state index contributed by atoms with van der Waals surface area (Å²) in [7, 11) is 0. The van der Waals surface area contributed by atoms with Crippen molar-refractivity contribution in [1.29, 1.82) is 0 Å². The second-order valence-electron chi connectivity index (χ2n) is 2.06. The van der Waals surface area contributed by atoms with Gasteiger partial charge in [0.1, 0.15) is 0 Å². The number of anilines is 1. The number of aromatic nitrogens is 1. The first kappa shape index (κ1) is 7.41. The minimum Gasteiger partial charge on any atom is -0.373 e. The average Bonchev–Trinajstić information content (AvgIpc) is 1.88. The lowest BCUT2D eigenvalue weighted by atomic mass is 10.4. The number of nitrogens with zero attached hydrogens (tertiary/aromatic N) is 1. The Bertz CT molecular complexity index is 191. The first-order chi connectivity index (χ1) is 4.79. The predicted molar refractivity (Wildman–Crippen MR) is 48.4 cm³/mol. The second kappa shape index (κ2) is 3.46. The van der Waals surface area contributed by atoms with Gasteiger partial charge in [-0.2, -0.15) is 12.6 Å². The molecule has 10 heavy (non-hydrogen) atoms. The standard InChI is InChI=1S/C7H10N2S.H2/c1-6(10)9-7-3-2-4-8-5-7;/h2-6,9-10H,1H3;1H. The average molecular weight is 156 g/mol. The van der Waals surface area contributed by atoms with Crippen molar-refractivity contribution >= 4 is 18.3 Å². The zero-order valence-corrected chi connectivity index (χ0v) is 6.68. The third-order valence-electron chi connectivity index (χ3n) is 1.04. The Labute approximate surface area is 67.6 Å². The van der Waals surface area contributed by atoms with Crippen LogP contribution in [0.3, 0.4) is 0 Å². The monoisotopic (exact) mass is 156 g/mol. The van der Waals surface area contributed by atoms with Crippen LogP contribution in [0.25, 0.3) is 0 Å². The lowest BCUT2D eigenvalue weighted by Crippen LogP contribution is -2.06. The van der Waals surface area contributed by atoms with E-state index in [1.54, 1.807) is 12.4 Å². The van der Waals surface area contributed by atoms with Gasteiger partial charge < -0.3 is 5.32 Å². The van der Waals surface area contributed by atoms with Crippen LogP contribution in [0.5, 0.6) is 0 Å². The molecule has 0 aromatic carbocycles. The fraction of sp³-hybridized carbons (Fsp3) is 0.286. The van der Waals surface area contributed by atoms with E-state index in [1.807, 2.05) is 19.1 Å². The predicted octanol–water partition coefficient (Wildman–Crippen LogP) is 2.02. The van der Waals surface area contributed by atoms with E-state index in [4.69, 9.17) is 0 Å². The van der Waals surface area contributed by atoms with E-state index in [2.05, 4.69) is 22.9 Å². The molecule has 3 heteroatoms. The molecule has 0 aliphatic heterocycles. The van der Waals surface area contributed by atoms with Gasteiger partial charge >= 0.3 is 0 Å². The molecular weight excluding hydrogens is 144 g/mol. The second-order valence-corrected chi connectivity index (χ2v) is 2.84. The van der Waals surface area contributed by atoms with Gasteiger partial charge in [-0.1, -0.05) is 0 Å². The zero-order valence-electron chi connectivity index (χ0n) is 5.78. The van der Waals surface area contributed by atoms with E-state index >= 15 is 0 Å². The van der Waals surface area contributed by atoms with Crippen LogP contribution in [0.15, 0.2) is 24.5 Å². The van der Waals surface area contributed by atoms with Gasteiger partial charge in [-0.05, 0) is 19.1 Å². The Morgan fingerprint density at radius 2 is 2.60 bits per heavy atom. The molecule has 0 aliphatic rings. The number of thiol groups is 1. The number of rotatable bonds is 2. The number of pyridine rings is 1. The highest BCUT2D eigenvalue weighted by Gasteiger charge is 1.92. The van der Waals surface area contributed by atoms with Gasteiger partial charge in [0.25, 0.3) is 0 Å². The summed E-state index contributed by atoms with van der Waals surface area (Å²) in [5.74, 6) is 0. The molecular formula is C7H12N2S. The zero-order chi connectivity index (χ0) is 7.40. The highest BCUT2D eigenvalue weighted by molar-refractivity contribution is 7.81. The number of hydrogen-bond acceptors (Lipinski definition) is 3. The smallest absolute Gasteiger partial charge is 0.0665 e. The van der Waals surface area contributed by atoms with Crippen molar-refractivity contribution in [3.63, 3.8) is 0 Å². The van der Waals surface area contributed by atoms with Crippen molar-refractivity contribution in [3.8, 4) is 0 Å². The summed E-state index contributed by atoms with van der Waals surface area (Å²) in [5.41, 5.74) is 1.00. The molecule has 0 fully saturated rings. The van der Waals surface area contributed by atoms with Crippen molar-refractivity contribution in [3.05, 3.63) is 24.5 Å². The fourth-order valence-electron chi connectivity index (χ4n) is 0.689. The maximum atomic E-state index is 4.17. The normalized spacial score (nSPS) is 12.6. The number of hydrogen-bond donors (Lipinski definition) is 2. The van der Waals surface area contributed by atoms with Crippen LogP contribution in [0, 0.1) is 0 Å². The van der Waals surface area contributed by atoms with Crippen LogP contribution < -0.4 is 5.32 Å². The van der Waals surface area contributed by atoms with Crippen LogP contribution in [0.2, 0.25) is 0 Å². The van der Waals surface area contributed by atoms with Gasteiger partial charge in [-0.3, -0.25) is 4.98 Å². The Morgan fingerprint density at radius 3 is 3.10 bits per heavy atom. The van der Waals surface area contributed by atoms with Crippen LogP contribution in [0.4, 0.5) is 5.69 Å². The fourth-order valence-corrected chi connectivity index (χ4v) is 0.838. The van der Waals surface area contributed by atoms with Crippen molar-refractivity contribution in [1.82, 2.24) is 4.98 Å². The molecule has 1 rings (SSSR count). The lowest BCUT2D eigenvalue weighted by Gasteiger charge is -2.06. The van der Waals surface area contributed by atoms with E-state index in [0.717, 1.165) is 5.69 Å². The molecule has 0 saturated heterocycles. The van der Waals surface area contributed by atoms with E-state index in [0.29, 0.717) is 0 Å². The van der Waals surface area contributed by atoms with Gasteiger partial charge in [0.15, 0.2) is 0 Å². The van der Waals surface area contributed by atoms with Crippen molar-refractivity contribution in [2.24, 2.45) is 0 Å². The molecule has 0 spiro atoms. The van der Waals surface area contributed by atoms with Gasteiger partial charge in [-0.25, -0.2) is 0 Å². The molecule has 1 aromatic heterocycles. The maximum absolute atomic E-state index is 4.17. The summed E-state index contributed by atoms with van der Waals surface area (Å²) in [6.07, 6.45) is 3.51. The van der Waals surface area contributed by atoms with E-state index in [1.165, 1.54) is 0 Å². The molecule has 0 amide bonds. The molecule has 56 valence electrons. The third kappa shape index (κ3) is 2.27. The highest BCUT2D eigenvalue weighted by atomic mass is 32.1. The maximum Gasteiger partial charge on any atom is 0.0665 e. The summed E-state index contributed by atoms with van der Waals surface area (Å²) in [6.45, 7) is 1.97. The Balaban J connectivity index is 0.000001000. The molecule has 1 atom stereocenters. The minimum atomic E-state index is 0. The Morgan fingerprint density at radius 1 is 1.80 bits per heavy atom. The molecule has 1 N–H and O–H groups in total. The Hall–Kier alpha value is -0.700. The van der Waals surface area contributed by atoms with E-state index < -0.39 is 0 Å². The van der Waals surface area contributed by atoms with Crippen LogP contribution in [0.1, 0.15) is 8.35 Å². The van der Waals surface area contributed by atoms with Crippen LogP contribution >= 0.6 is 12.6 Å². The molecule has 0 aliphatic carbocycles. The highest BCUT2D eigenvalue weighted by Crippen LogP contribution is 2.05. The van der Waals surface area contributed by atoms with Crippen molar-refractivity contribution in [2.75, 3.05) is 5.32 Å². The van der Waals surface area contributed by atoms with Gasteiger partial charge in [0.05, 0.1) is 11.1 Å². The molecule has 0 radical (unpaired) electrons. The SMILES string of the molecule is CC(S)Nc1cccnc1.[HH]. The third-order valence-corrected chi connectivity index (χ3v) is 1.17. The van der Waals surface area contributed by atoms with Crippen molar-refractivity contribution < 1.29 is 1.43 Å². The van der Waals surface area contributed by atoms with Gasteiger partial charge in [0, 0.05) is 13.8 Å². The van der Waals surface area contributed by atoms with Gasteiger partial charge in [0.2, 0.25) is 0 Å². The van der Waals surface area contributed by atoms with E-state index in [-0.39, 0.29) is 6.80 Å². The largest absolute Gasteiger partial charge is 0.373 e. The summed E-state index contributed by atoms with van der Waals surface area (Å²) >= 11 is 4.17. The molecule has 1 heterocycles. The lowest BCUT2D eigenvalue weighted by molar-refractivity contribution is 1.12. The Kier molecular flexibility index (Phi) is 2.57. The molecule has 0 bridgehead atoms. The molecule has 0 saturated carbocycles. The summed E-state index contributed by atoms with van der Waals surface area (Å²) in [5, 5.41) is 3.28. The summed E-state index contributed by atoms with van der Waals surface area (Å²) in [4.78, 5) is 3.94. The first-order valence-corrected chi connectivity index (χ1v) is 3.65.